The molecular weight excluding hydrogens is 288 g/mol. The van der Waals surface area contributed by atoms with Crippen LogP contribution < -0.4 is 0 Å². The highest BCUT2D eigenvalue weighted by atomic mass is 16.1. The number of aldehydes is 1. The van der Waals surface area contributed by atoms with Gasteiger partial charge in [-0.2, -0.15) is 0 Å². The van der Waals surface area contributed by atoms with Crippen molar-refractivity contribution in [1.82, 2.24) is 0 Å². The van der Waals surface area contributed by atoms with Gasteiger partial charge < -0.3 is 4.79 Å². The van der Waals surface area contributed by atoms with Crippen LogP contribution in [0, 0.1) is 40.4 Å². The second kappa shape index (κ2) is 5.00. The molecule has 3 nitrogen and oxygen atoms in total. The largest absolute Gasteiger partial charge is 0.303 e. The molecule has 23 heavy (non-hydrogen) atoms. The monoisotopic (exact) mass is 316 g/mol. The van der Waals surface area contributed by atoms with E-state index in [1.54, 1.807) is 0 Å². The Bertz CT molecular complexity index is 567. The van der Waals surface area contributed by atoms with Crippen LogP contribution >= 0.6 is 0 Å². The molecule has 7 atom stereocenters. The molecule has 4 aliphatic carbocycles. The van der Waals surface area contributed by atoms with Crippen LogP contribution in [0.5, 0.6) is 0 Å². The predicted molar refractivity (Wildman–Crippen MR) is 86.7 cm³/mol. The fourth-order valence-corrected chi connectivity index (χ4v) is 7.12. The highest BCUT2D eigenvalue weighted by molar-refractivity contribution is 5.86. The summed E-state index contributed by atoms with van der Waals surface area (Å²) >= 11 is 0. The highest BCUT2D eigenvalue weighted by Crippen LogP contribution is 2.65. The zero-order chi connectivity index (χ0) is 16.4. The van der Waals surface area contributed by atoms with Gasteiger partial charge in [-0.1, -0.05) is 13.8 Å². The molecule has 4 rings (SSSR count). The number of Topliss-reactive ketones (excluding diaryl/α,β-unsaturated/α-hetero) is 2. The number of rotatable bonds is 1. The average molecular weight is 316 g/mol. The Morgan fingerprint density at radius 2 is 1.83 bits per heavy atom. The maximum absolute atomic E-state index is 13.2. The summed E-state index contributed by atoms with van der Waals surface area (Å²) in [6.45, 7) is 4.48. The Kier molecular flexibility index (Phi) is 3.38. The zero-order valence-electron chi connectivity index (χ0n) is 14.3. The minimum Gasteiger partial charge on any atom is -0.303 e. The Balaban J connectivity index is 1.70. The molecule has 0 heterocycles. The van der Waals surface area contributed by atoms with Gasteiger partial charge in [-0.05, 0) is 60.7 Å². The van der Waals surface area contributed by atoms with Crippen molar-refractivity contribution >= 4 is 17.9 Å². The lowest BCUT2D eigenvalue weighted by Crippen LogP contribution is -2.57. The fourth-order valence-electron chi connectivity index (χ4n) is 7.12. The molecule has 0 aliphatic heterocycles. The smallest absolute Gasteiger partial charge is 0.137 e. The third-order valence-corrected chi connectivity index (χ3v) is 8.40. The molecule has 0 spiro atoms. The van der Waals surface area contributed by atoms with Crippen molar-refractivity contribution in [2.45, 2.75) is 65.2 Å². The van der Waals surface area contributed by atoms with Crippen molar-refractivity contribution in [3.8, 4) is 0 Å². The van der Waals surface area contributed by atoms with E-state index in [4.69, 9.17) is 0 Å². The Hall–Kier alpha value is -0.990. The molecule has 0 bridgehead atoms. The van der Waals surface area contributed by atoms with E-state index >= 15 is 0 Å². The van der Waals surface area contributed by atoms with Gasteiger partial charge in [-0.3, -0.25) is 9.59 Å². The van der Waals surface area contributed by atoms with Crippen molar-refractivity contribution in [3.05, 3.63) is 0 Å². The van der Waals surface area contributed by atoms with E-state index in [1.165, 1.54) is 0 Å². The summed E-state index contributed by atoms with van der Waals surface area (Å²) in [6, 6.07) is 0. The summed E-state index contributed by atoms with van der Waals surface area (Å²) in [5, 5.41) is 0. The van der Waals surface area contributed by atoms with Crippen LogP contribution in [-0.4, -0.2) is 17.9 Å². The van der Waals surface area contributed by atoms with E-state index in [-0.39, 0.29) is 22.7 Å². The average Bonchev–Trinajstić information content (AvgIpc) is 2.83. The molecule has 0 aromatic rings. The summed E-state index contributed by atoms with van der Waals surface area (Å²) in [6.07, 6.45) is 8.16. The van der Waals surface area contributed by atoms with Crippen LogP contribution in [-0.2, 0) is 14.4 Å². The van der Waals surface area contributed by atoms with E-state index in [0.29, 0.717) is 48.6 Å². The number of ketones is 2. The third kappa shape index (κ3) is 1.97. The molecule has 4 saturated carbocycles. The number of hydrogen-bond acceptors (Lipinski definition) is 3. The topological polar surface area (TPSA) is 51.2 Å². The maximum Gasteiger partial charge on any atom is 0.137 e. The summed E-state index contributed by atoms with van der Waals surface area (Å²) in [7, 11) is 0. The van der Waals surface area contributed by atoms with Gasteiger partial charge in [-0.25, -0.2) is 0 Å². The Morgan fingerprint density at radius 1 is 1.04 bits per heavy atom. The van der Waals surface area contributed by atoms with Crippen molar-refractivity contribution in [2.75, 3.05) is 0 Å². The van der Waals surface area contributed by atoms with Gasteiger partial charge >= 0.3 is 0 Å². The first-order valence-corrected chi connectivity index (χ1v) is 9.40. The highest BCUT2D eigenvalue weighted by Gasteiger charge is 2.63. The standard InChI is InChI=1S/C20H28O3/c1-19-8-7-14(22)9-12(19)3-5-15-16-6-4-13(11-21)20(16,2)10-17(23)18(15)19/h11-13,15-16,18H,3-10H2,1-2H3/t12?,13-,15?,16?,18?,19+,20-/m1/s1. The molecule has 0 N–H and O–H groups in total. The first kappa shape index (κ1) is 15.5. The zero-order valence-corrected chi connectivity index (χ0v) is 14.3. The lowest BCUT2D eigenvalue weighted by atomic mass is 9.44. The summed E-state index contributed by atoms with van der Waals surface area (Å²) in [5.41, 5.74) is -0.0812. The maximum atomic E-state index is 13.2. The molecular formula is C20H28O3. The van der Waals surface area contributed by atoms with Gasteiger partial charge in [0.1, 0.15) is 17.9 Å². The van der Waals surface area contributed by atoms with Crippen LogP contribution in [0.15, 0.2) is 0 Å². The molecule has 0 saturated heterocycles. The second-order valence-corrected chi connectivity index (χ2v) is 9.24. The van der Waals surface area contributed by atoms with Crippen molar-refractivity contribution in [2.24, 2.45) is 40.4 Å². The summed E-state index contributed by atoms with van der Waals surface area (Å²) in [4.78, 5) is 36.6. The molecule has 0 aromatic heterocycles. The Labute approximate surface area is 138 Å². The van der Waals surface area contributed by atoms with Crippen LogP contribution in [0.2, 0.25) is 0 Å². The molecule has 4 fully saturated rings. The van der Waals surface area contributed by atoms with Crippen molar-refractivity contribution in [1.29, 1.82) is 0 Å². The van der Waals surface area contributed by atoms with E-state index in [0.717, 1.165) is 38.4 Å². The number of hydrogen-bond donors (Lipinski definition) is 0. The molecule has 0 amide bonds. The van der Waals surface area contributed by atoms with Gasteiger partial charge in [-0.15, -0.1) is 0 Å². The number of fused-ring (bicyclic) bond motifs is 5. The third-order valence-electron chi connectivity index (χ3n) is 8.40. The summed E-state index contributed by atoms with van der Waals surface area (Å²) < 4.78 is 0. The van der Waals surface area contributed by atoms with Crippen LogP contribution in [0.25, 0.3) is 0 Å². The SMILES string of the molecule is C[C@]12CCC(=O)CC1CCC1C2C(=O)C[C@@]2(C)C1CC[C@@H]2C=O. The lowest BCUT2D eigenvalue weighted by molar-refractivity contribution is -0.160. The molecule has 4 unspecified atom stereocenters. The van der Waals surface area contributed by atoms with Crippen LogP contribution in [0.4, 0.5) is 0 Å². The van der Waals surface area contributed by atoms with E-state index in [2.05, 4.69) is 13.8 Å². The van der Waals surface area contributed by atoms with E-state index in [9.17, 15) is 14.4 Å². The van der Waals surface area contributed by atoms with Gasteiger partial charge in [0, 0.05) is 31.1 Å². The number of carbonyl (C=O) groups excluding carboxylic acids is 3. The van der Waals surface area contributed by atoms with Crippen molar-refractivity contribution < 1.29 is 14.4 Å². The van der Waals surface area contributed by atoms with Gasteiger partial charge in [0.05, 0.1) is 0 Å². The first-order chi connectivity index (χ1) is 10.9. The minimum atomic E-state index is -0.103. The molecule has 0 radical (unpaired) electrons. The number of carbonyl (C=O) groups is 3. The van der Waals surface area contributed by atoms with Gasteiger partial charge in [0.2, 0.25) is 0 Å². The van der Waals surface area contributed by atoms with Gasteiger partial charge in [0.25, 0.3) is 0 Å². The molecule has 4 aliphatic rings. The minimum absolute atomic E-state index is 0.0223. The molecule has 126 valence electrons. The quantitative estimate of drug-likeness (QED) is 0.695. The molecule has 3 heteroatoms. The van der Waals surface area contributed by atoms with E-state index < -0.39 is 0 Å². The predicted octanol–water partition coefficient (Wildman–Crippen LogP) is 3.59. The van der Waals surface area contributed by atoms with Crippen molar-refractivity contribution in [3.63, 3.8) is 0 Å². The summed E-state index contributed by atoms with van der Waals surface area (Å²) in [5.74, 6) is 2.36. The normalized spacial score (nSPS) is 52.5. The first-order valence-electron chi connectivity index (χ1n) is 9.40. The Morgan fingerprint density at radius 3 is 2.57 bits per heavy atom. The molecule has 0 aromatic carbocycles. The van der Waals surface area contributed by atoms with Crippen LogP contribution in [0.1, 0.15) is 65.2 Å². The van der Waals surface area contributed by atoms with E-state index in [1.807, 2.05) is 0 Å². The lowest BCUT2D eigenvalue weighted by Gasteiger charge is -2.59. The van der Waals surface area contributed by atoms with Crippen LogP contribution in [0.3, 0.4) is 0 Å². The van der Waals surface area contributed by atoms with Gasteiger partial charge in [0.15, 0.2) is 0 Å². The fraction of sp³-hybridized carbons (Fsp3) is 0.850. The second-order valence-electron chi connectivity index (χ2n) is 9.24.